The van der Waals surface area contributed by atoms with Crippen LogP contribution in [0, 0.1) is 12.7 Å². The lowest BCUT2D eigenvalue weighted by Crippen LogP contribution is -2.39. The zero-order chi connectivity index (χ0) is 28.2. The van der Waals surface area contributed by atoms with E-state index in [-0.39, 0.29) is 11.5 Å². The van der Waals surface area contributed by atoms with Gasteiger partial charge in [0.2, 0.25) is 0 Å². The molecule has 0 bridgehead atoms. The minimum absolute atomic E-state index is 0.131. The Morgan fingerprint density at radius 3 is 2.45 bits per heavy atom. The molecule has 0 aliphatic carbocycles. The third-order valence-corrected chi connectivity index (χ3v) is 5.58. The number of amides is 1. The zero-order valence-electron chi connectivity index (χ0n) is 23.3. The molecule has 4 aromatic rings. The molecule has 1 amide bonds. The fraction of sp³-hybridized carbons (Fsp3) is 0.444. The third-order valence-electron chi connectivity index (χ3n) is 5.58. The first kappa shape index (κ1) is 28.5. The van der Waals surface area contributed by atoms with Crippen LogP contribution in [0.25, 0.3) is 22.7 Å². The third kappa shape index (κ3) is 6.45. The van der Waals surface area contributed by atoms with Crippen molar-refractivity contribution in [2.75, 3.05) is 31.6 Å². The number of aromatic nitrogens is 5. The molecule has 0 aromatic carbocycles. The van der Waals surface area contributed by atoms with Crippen LogP contribution in [-0.2, 0) is 4.74 Å². The number of nitrogens with zero attached hydrogens (tertiary/aromatic N) is 7. The van der Waals surface area contributed by atoms with Crippen molar-refractivity contribution in [3.05, 3.63) is 58.8 Å². The Morgan fingerprint density at radius 1 is 1.08 bits per heavy atom. The smallest absolute Gasteiger partial charge is 0.410 e. The molecule has 0 fully saturated rings. The van der Waals surface area contributed by atoms with Crippen molar-refractivity contribution < 1.29 is 13.9 Å². The Labute approximate surface area is 221 Å². The van der Waals surface area contributed by atoms with Crippen LogP contribution in [-0.4, -0.2) is 67.0 Å². The van der Waals surface area contributed by atoms with Gasteiger partial charge in [-0.25, -0.2) is 28.3 Å². The topological polar surface area (TPSA) is 97.3 Å². The number of anilines is 1. The van der Waals surface area contributed by atoms with Crippen LogP contribution in [0.15, 0.2) is 41.6 Å². The number of hydrogen-bond acceptors (Lipinski definition) is 7. The van der Waals surface area contributed by atoms with E-state index in [2.05, 4.69) is 15.0 Å². The van der Waals surface area contributed by atoms with Crippen LogP contribution in [0.4, 0.5) is 14.9 Å². The molecule has 204 valence electrons. The summed E-state index contributed by atoms with van der Waals surface area (Å²) in [4.78, 5) is 41.4. The molecule has 0 aliphatic rings. The molecule has 10 nitrogen and oxygen atoms in total. The minimum atomic E-state index is -0.566. The quantitative estimate of drug-likeness (QED) is 0.364. The highest BCUT2D eigenvalue weighted by Crippen LogP contribution is 2.21. The molecule has 38 heavy (non-hydrogen) atoms. The molecule has 0 unspecified atom stereocenters. The van der Waals surface area contributed by atoms with E-state index in [1.807, 2.05) is 52.5 Å². The molecular weight excluding hydrogens is 489 g/mol. The summed E-state index contributed by atoms with van der Waals surface area (Å²) < 4.78 is 22.9. The Bertz CT molecular complexity index is 1490. The van der Waals surface area contributed by atoms with E-state index in [4.69, 9.17) is 4.74 Å². The number of fused-ring (bicyclic) bond motifs is 2. The lowest BCUT2D eigenvalue weighted by atomic mass is 10.2. The summed E-state index contributed by atoms with van der Waals surface area (Å²) in [5, 5.41) is 0. The van der Waals surface area contributed by atoms with Gasteiger partial charge in [-0.1, -0.05) is 13.8 Å². The van der Waals surface area contributed by atoms with E-state index in [0.29, 0.717) is 36.5 Å². The standard InChI is InChI=1S/C25H30FN7O3.C2H6/c1-7-31(11-10-30(6)24(35)36-25(3,4)5)18-8-9-20-28-21(29-23(34)33(20)15-18)17-12-19(26)22-27-16(2)13-32(22)14-17;1-2/h8-9,12-15H,7,10-11H2,1-6H3;1-2H3. The molecule has 0 aliphatic heterocycles. The summed E-state index contributed by atoms with van der Waals surface area (Å²) in [6, 6.07) is 4.85. The lowest BCUT2D eigenvalue weighted by Gasteiger charge is -2.28. The van der Waals surface area contributed by atoms with Gasteiger partial charge >= 0.3 is 11.8 Å². The van der Waals surface area contributed by atoms with Gasteiger partial charge in [-0.3, -0.25) is 0 Å². The second-order valence-electron chi connectivity index (χ2n) is 9.62. The number of imidazole rings is 1. The van der Waals surface area contributed by atoms with E-state index >= 15 is 0 Å². The molecule has 4 aromatic heterocycles. The fourth-order valence-electron chi connectivity index (χ4n) is 3.79. The van der Waals surface area contributed by atoms with Crippen molar-refractivity contribution in [2.24, 2.45) is 0 Å². The van der Waals surface area contributed by atoms with Crippen molar-refractivity contribution in [2.45, 2.75) is 54.1 Å². The number of hydrogen-bond donors (Lipinski definition) is 0. The average Bonchev–Trinajstić information content (AvgIpc) is 3.25. The van der Waals surface area contributed by atoms with Gasteiger partial charge in [-0.05, 0) is 52.8 Å². The Morgan fingerprint density at radius 2 is 1.79 bits per heavy atom. The van der Waals surface area contributed by atoms with Crippen molar-refractivity contribution in [3.8, 4) is 11.4 Å². The summed E-state index contributed by atoms with van der Waals surface area (Å²) in [7, 11) is 1.69. The normalized spacial score (nSPS) is 11.3. The first-order chi connectivity index (χ1) is 17.9. The number of ether oxygens (including phenoxy) is 1. The number of pyridine rings is 2. The van der Waals surface area contributed by atoms with Crippen molar-refractivity contribution in [1.29, 1.82) is 0 Å². The van der Waals surface area contributed by atoms with Gasteiger partial charge in [0, 0.05) is 50.8 Å². The van der Waals surface area contributed by atoms with Crippen molar-refractivity contribution >= 4 is 23.1 Å². The van der Waals surface area contributed by atoms with E-state index in [1.165, 1.54) is 15.4 Å². The molecule has 4 rings (SSSR count). The van der Waals surface area contributed by atoms with Gasteiger partial charge in [0.15, 0.2) is 17.3 Å². The summed E-state index contributed by atoms with van der Waals surface area (Å²) >= 11 is 0. The highest BCUT2D eigenvalue weighted by molar-refractivity contribution is 5.68. The summed E-state index contributed by atoms with van der Waals surface area (Å²) in [6.07, 6.45) is 4.62. The Kier molecular flexibility index (Phi) is 8.70. The minimum Gasteiger partial charge on any atom is -0.444 e. The fourth-order valence-corrected chi connectivity index (χ4v) is 3.79. The molecule has 0 spiro atoms. The van der Waals surface area contributed by atoms with Crippen molar-refractivity contribution in [3.63, 3.8) is 0 Å². The second kappa shape index (κ2) is 11.6. The summed E-state index contributed by atoms with van der Waals surface area (Å²) in [5.74, 6) is -0.388. The van der Waals surface area contributed by atoms with Gasteiger partial charge in [0.05, 0.1) is 11.4 Å². The van der Waals surface area contributed by atoms with Crippen LogP contribution in [0.1, 0.15) is 47.2 Å². The predicted octanol–water partition coefficient (Wildman–Crippen LogP) is 4.57. The van der Waals surface area contributed by atoms with Gasteiger partial charge in [0.1, 0.15) is 11.2 Å². The van der Waals surface area contributed by atoms with E-state index < -0.39 is 23.2 Å². The Hall–Kier alpha value is -4.02. The number of likely N-dealkylation sites (N-methyl/N-ethyl adjacent to an activating group) is 2. The number of aryl methyl sites for hydroxylation is 1. The van der Waals surface area contributed by atoms with Gasteiger partial charge in [0.25, 0.3) is 0 Å². The predicted molar refractivity (Wildman–Crippen MR) is 146 cm³/mol. The molecule has 11 heteroatoms. The van der Waals surface area contributed by atoms with Crippen molar-refractivity contribution in [1.82, 2.24) is 28.7 Å². The van der Waals surface area contributed by atoms with Crippen LogP contribution in [0.3, 0.4) is 0 Å². The average molecular weight is 526 g/mol. The summed E-state index contributed by atoms with van der Waals surface area (Å²) in [6.45, 7) is 14.9. The molecule has 4 heterocycles. The van der Waals surface area contributed by atoms with Gasteiger partial charge in [-0.2, -0.15) is 4.98 Å². The number of halogens is 1. The monoisotopic (exact) mass is 525 g/mol. The maximum atomic E-state index is 14.5. The molecule has 0 N–H and O–H groups in total. The zero-order valence-corrected chi connectivity index (χ0v) is 23.3. The second-order valence-corrected chi connectivity index (χ2v) is 9.62. The van der Waals surface area contributed by atoms with Crippen LogP contribution in [0.2, 0.25) is 0 Å². The summed E-state index contributed by atoms with van der Waals surface area (Å²) in [5.41, 5.74) is 1.33. The number of carbonyl (C=O) groups is 1. The molecule has 0 radical (unpaired) electrons. The van der Waals surface area contributed by atoms with Gasteiger partial charge < -0.3 is 18.9 Å². The first-order valence-electron chi connectivity index (χ1n) is 12.7. The van der Waals surface area contributed by atoms with E-state index in [9.17, 15) is 14.0 Å². The maximum Gasteiger partial charge on any atom is 0.410 e. The van der Waals surface area contributed by atoms with Crippen LogP contribution >= 0.6 is 0 Å². The number of rotatable bonds is 6. The van der Waals surface area contributed by atoms with E-state index in [1.54, 1.807) is 43.0 Å². The molecular formula is C27H36FN7O3. The lowest BCUT2D eigenvalue weighted by molar-refractivity contribution is 0.0303. The Balaban J connectivity index is 0.00000195. The molecule has 0 atom stereocenters. The molecule has 0 saturated heterocycles. The number of carbonyl (C=O) groups excluding carboxylic acids is 1. The van der Waals surface area contributed by atoms with E-state index in [0.717, 1.165) is 5.69 Å². The maximum absolute atomic E-state index is 14.5. The molecule has 0 saturated carbocycles. The first-order valence-corrected chi connectivity index (χ1v) is 12.7. The van der Waals surface area contributed by atoms with Crippen LogP contribution in [0.5, 0.6) is 0 Å². The SMILES string of the molecule is CC.CCN(CCN(C)C(=O)OC(C)(C)C)c1ccc2nc(-c3cc(F)c4nc(C)cn4c3)nc(=O)n2c1. The van der Waals surface area contributed by atoms with Gasteiger partial charge in [-0.15, -0.1) is 0 Å². The van der Waals surface area contributed by atoms with Crippen LogP contribution < -0.4 is 10.6 Å². The largest absolute Gasteiger partial charge is 0.444 e. The highest BCUT2D eigenvalue weighted by Gasteiger charge is 2.20. The highest BCUT2D eigenvalue weighted by atomic mass is 19.1.